The first-order valence-electron chi connectivity index (χ1n) is 7.67. The van der Waals surface area contributed by atoms with Crippen molar-refractivity contribution in [2.24, 2.45) is 0 Å². The number of para-hydroxylation sites is 1. The van der Waals surface area contributed by atoms with Gasteiger partial charge in [0.25, 0.3) is 0 Å². The molecule has 5 nitrogen and oxygen atoms in total. The average molecular weight is 310 g/mol. The predicted molar refractivity (Wildman–Crippen MR) is 88.7 cm³/mol. The number of hydrogen-bond donors (Lipinski definition) is 1. The molecule has 1 N–H and O–H groups in total. The minimum Gasteiger partial charge on any atom is -0.410 e. The van der Waals surface area contributed by atoms with Gasteiger partial charge in [-0.15, -0.1) is 0 Å². The molecule has 2 amide bonds. The molecule has 1 fully saturated rings. The second-order valence-electron chi connectivity index (χ2n) is 5.38. The molecule has 2 aromatic carbocycles. The molecule has 5 heteroatoms. The van der Waals surface area contributed by atoms with Crippen molar-refractivity contribution in [2.75, 3.05) is 16.8 Å². The summed E-state index contributed by atoms with van der Waals surface area (Å²) in [5, 5.41) is 2.69. The summed E-state index contributed by atoms with van der Waals surface area (Å²) in [7, 11) is 0. The van der Waals surface area contributed by atoms with Gasteiger partial charge in [0.2, 0.25) is 5.91 Å². The van der Waals surface area contributed by atoms with Crippen molar-refractivity contribution in [1.29, 1.82) is 0 Å². The maximum atomic E-state index is 12.0. The van der Waals surface area contributed by atoms with Crippen LogP contribution in [0, 0.1) is 0 Å². The minimum atomic E-state index is -0.557. The van der Waals surface area contributed by atoms with Gasteiger partial charge in [0, 0.05) is 24.3 Å². The summed E-state index contributed by atoms with van der Waals surface area (Å²) in [6.45, 7) is 0.719. The van der Waals surface area contributed by atoms with Gasteiger partial charge in [-0.25, -0.2) is 4.79 Å². The van der Waals surface area contributed by atoms with E-state index in [9.17, 15) is 9.59 Å². The van der Waals surface area contributed by atoms with Crippen LogP contribution in [0.25, 0.3) is 0 Å². The summed E-state index contributed by atoms with van der Waals surface area (Å²) >= 11 is 0. The number of hydrogen-bond acceptors (Lipinski definition) is 3. The number of amides is 2. The zero-order chi connectivity index (χ0) is 16.1. The van der Waals surface area contributed by atoms with E-state index < -0.39 is 6.09 Å². The van der Waals surface area contributed by atoms with Crippen LogP contribution in [0.5, 0.6) is 5.75 Å². The highest BCUT2D eigenvalue weighted by Gasteiger charge is 2.19. The monoisotopic (exact) mass is 310 g/mol. The minimum absolute atomic E-state index is 0.125. The van der Waals surface area contributed by atoms with Crippen LogP contribution in [-0.4, -0.2) is 18.5 Å². The van der Waals surface area contributed by atoms with Gasteiger partial charge in [-0.3, -0.25) is 10.1 Å². The summed E-state index contributed by atoms with van der Waals surface area (Å²) in [6.07, 6.45) is 1.96. The Morgan fingerprint density at radius 3 is 2.65 bits per heavy atom. The van der Waals surface area contributed by atoms with Gasteiger partial charge in [-0.1, -0.05) is 24.3 Å². The van der Waals surface area contributed by atoms with Crippen LogP contribution in [0.2, 0.25) is 0 Å². The Kier molecular flexibility index (Phi) is 4.57. The van der Waals surface area contributed by atoms with E-state index in [1.54, 1.807) is 41.3 Å². The van der Waals surface area contributed by atoms with Crippen molar-refractivity contribution in [3.63, 3.8) is 0 Å². The van der Waals surface area contributed by atoms with Crippen LogP contribution in [0.1, 0.15) is 19.3 Å². The van der Waals surface area contributed by atoms with E-state index >= 15 is 0 Å². The first-order valence-corrected chi connectivity index (χ1v) is 7.67. The predicted octanol–water partition coefficient (Wildman–Crippen LogP) is 3.81. The number of nitrogens with one attached hydrogen (secondary N) is 1. The Morgan fingerprint density at radius 2 is 1.87 bits per heavy atom. The largest absolute Gasteiger partial charge is 0.417 e. The highest BCUT2D eigenvalue weighted by atomic mass is 16.6. The molecule has 1 aliphatic heterocycles. The Bertz CT molecular complexity index is 700. The molecule has 1 aliphatic rings. The number of piperidine rings is 1. The molecule has 0 aromatic heterocycles. The van der Waals surface area contributed by atoms with Crippen molar-refractivity contribution < 1.29 is 14.3 Å². The number of rotatable bonds is 3. The van der Waals surface area contributed by atoms with Gasteiger partial charge in [-0.05, 0) is 43.2 Å². The Labute approximate surface area is 134 Å². The van der Waals surface area contributed by atoms with E-state index in [1.807, 2.05) is 18.2 Å². The number of anilines is 2. The molecule has 1 saturated heterocycles. The molecular formula is C18H18N2O3. The molecule has 0 radical (unpaired) electrons. The smallest absolute Gasteiger partial charge is 0.410 e. The number of carbonyl (C=O) groups excluding carboxylic acids is 2. The standard InChI is InChI=1S/C18H18N2O3/c21-17-11-4-5-12-20(17)15-8-6-7-14(13-15)19-18(22)23-16-9-2-1-3-10-16/h1-3,6-10,13H,4-5,11-12H2,(H,19,22). The van der Waals surface area contributed by atoms with Crippen LogP contribution in [-0.2, 0) is 4.79 Å². The van der Waals surface area contributed by atoms with Crippen LogP contribution in [0.3, 0.4) is 0 Å². The van der Waals surface area contributed by atoms with Gasteiger partial charge in [-0.2, -0.15) is 0 Å². The summed E-state index contributed by atoms with van der Waals surface area (Å²) < 4.78 is 5.19. The first-order chi connectivity index (χ1) is 11.2. The number of carbonyl (C=O) groups is 2. The Hall–Kier alpha value is -2.82. The maximum absolute atomic E-state index is 12.0. The van der Waals surface area contributed by atoms with Gasteiger partial charge >= 0.3 is 6.09 Å². The molecule has 1 heterocycles. The lowest BCUT2D eigenvalue weighted by Gasteiger charge is -2.27. The molecule has 0 atom stereocenters. The van der Waals surface area contributed by atoms with Crippen LogP contribution in [0.15, 0.2) is 54.6 Å². The van der Waals surface area contributed by atoms with Crippen molar-refractivity contribution in [2.45, 2.75) is 19.3 Å². The number of benzene rings is 2. The van der Waals surface area contributed by atoms with Crippen LogP contribution in [0.4, 0.5) is 16.2 Å². The molecule has 0 aliphatic carbocycles. The average Bonchev–Trinajstić information content (AvgIpc) is 2.56. The molecule has 23 heavy (non-hydrogen) atoms. The lowest BCUT2D eigenvalue weighted by atomic mass is 10.1. The Morgan fingerprint density at radius 1 is 1.04 bits per heavy atom. The molecule has 118 valence electrons. The van der Waals surface area contributed by atoms with Gasteiger partial charge in [0.1, 0.15) is 5.75 Å². The van der Waals surface area contributed by atoms with Crippen molar-refractivity contribution in [3.05, 3.63) is 54.6 Å². The quantitative estimate of drug-likeness (QED) is 0.937. The first kappa shape index (κ1) is 15.1. The van der Waals surface area contributed by atoms with Crippen LogP contribution < -0.4 is 15.0 Å². The Balaban J connectivity index is 1.67. The van der Waals surface area contributed by atoms with E-state index in [2.05, 4.69) is 5.32 Å². The lowest BCUT2D eigenvalue weighted by molar-refractivity contribution is -0.119. The van der Waals surface area contributed by atoms with E-state index in [-0.39, 0.29) is 5.91 Å². The molecule has 0 saturated carbocycles. The summed E-state index contributed by atoms with van der Waals surface area (Å²) in [4.78, 5) is 25.7. The summed E-state index contributed by atoms with van der Waals surface area (Å²) in [5.41, 5.74) is 1.40. The zero-order valence-electron chi connectivity index (χ0n) is 12.7. The molecule has 0 spiro atoms. The third kappa shape index (κ3) is 3.88. The van der Waals surface area contributed by atoms with Crippen molar-refractivity contribution in [3.8, 4) is 5.75 Å². The third-order valence-corrected chi connectivity index (χ3v) is 3.68. The fraction of sp³-hybridized carbons (Fsp3) is 0.222. The molecule has 0 unspecified atom stereocenters. The second kappa shape index (κ2) is 6.96. The highest BCUT2D eigenvalue weighted by Crippen LogP contribution is 2.24. The summed E-state index contributed by atoms with van der Waals surface area (Å²) in [5.74, 6) is 0.604. The van der Waals surface area contributed by atoms with E-state index in [4.69, 9.17) is 4.74 Å². The second-order valence-corrected chi connectivity index (χ2v) is 5.38. The van der Waals surface area contributed by atoms with Crippen molar-refractivity contribution >= 4 is 23.4 Å². The third-order valence-electron chi connectivity index (χ3n) is 3.68. The van der Waals surface area contributed by atoms with Crippen molar-refractivity contribution in [1.82, 2.24) is 0 Å². The van der Waals surface area contributed by atoms with Gasteiger partial charge in [0.05, 0.1) is 0 Å². The van der Waals surface area contributed by atoms with Gasteiger partial charge in [0.15, 0.2) is 0 Å². The zero-order valence-corrected chi connectivity index (χ0v) is 12.7. The van der Waals surface area contributed by atoms with E-state index in [0.29, 0.717) is 17.9 Å². The fourth-order valence-corrected chi connectivity index (χ4v) is 2.57. The van der Waals surface area contributed by atoms with Gasteiger partial charge < -0.3 is 9.64 Å². The maximum Gasteiger partial charge on any atom is 0.417 e. The van der Waals surface area contributed by atoms with E-state index in [1.165, 1.54) is 0 Å². The normalized spacial score (nSPS) is 14.4. The summed E-state index contributed by atoms with van der Waals surface area (Å²) in [6, 6.07) is 16.1. The molecule has 3 rings (SSSR count). The highest BCUT2D eigenvalue weighted by molar-refractivity contribution is 5.95. The van der Waals surface area contributed by atoms with E-state index in [0.717, 1.165) is 25.1 Å². The SMILES string of the molecule is O=C(Nc1cccc(N2CCCCC2=O)c1)Oc1ccccc1. The lowest BCUT2D eigenvalue weighted by Crippen LogP contribution is -2.35. The molecular weight excluding hydrogens is 292 g/mol. The fourth-order valence-electron chi connectivity index (χ4n) is 2.57. The molecule has 2 aromatic rings. The topological polar surface area (TPSA) is 58.6 Å². The number of nitrogens with zero attached hydrogens (tertiary/aromatic N) is 1. The number of ether oxygens (including phenoxy) is 1. The molecule has 0 bridgehead atoms. The van der Waals surface area contributed by atoms with Crippen LogP contribution >= 0.6 is 0 Å².